The van der Waals surface area contributed by atoms with Gasteiger partial charge < -0.3 is 30.1 Å². The molecule has 1 saturated heterocycles. The Bertz CT molecular complexity index is 395. The van der Waals surface area contributed by atoms with Crippen LogP contribution in [0, 0.1) is 0 Å². The molecule has 1 amide bonds. The fraction of sp³-hybridized carbons (Fsp3) is 0.950. The van der Waals surface area contributed by atoms with Crippen LogP contribution in [0.3, 0.4) is 0 Å². The maximum atomic E-state index is 11.4. The number of carbonyl (C=O) groups excluding carboxylic acids is 1. The molecule has 7 heteroatoms. The second-order valence-corrected chi connectivity index (χ2v) is 7.49. The average Bonchev–Trinajstić information content (AvgIpc) is 2.64. The van der Waals surface area contributed by atoms with Gasteiger partial charge in [0.05, 0.1) is 6.61 Å². The number of ether oxygens (including phenoxy) is 2. The molecule has 160 valence electrons. The lowest BCUT2D eigenvalue weighted by Crippen LogP contribution is -2.64. The Labute approximate surface area is 163 Å². The number of amides is 1. The fourth-order valence-electron chi connectivity index (χ4n) is 3.40. The van der Waals surface area contributed by atoms with Crippen LogP contribution in [0.15, 0.2) is 0 Å². The van der Waals surface area contributed by atoms with Gasteiger partial charge >= 0.3 is 0 Å². The third-order valence-corrected chi connectivity index (χ3v) is 5.03. The van der Waals surface area contributed by atoms with Gasteiger partial charge in [-0.1, -0.05) is 64.7 Å². The van der Waals surface area contributed by atoms with Crippen molar-refractivity contribution in [1.29, 1.82) is 0 Å². The van der Waals surface area contributed by atoms with Crippen molar-refractivity contribution in [2.75, 3.05) is 13.2 Å². The predicted molar refractivity (Wildman–Crippen MR) is 103 cm³/mol. The third-order valence-electron chi connectivity index (χ3n) is 5.03. The molecule has 4 N–H and O–H groups in total. The van der Waals surface area contributed by atoms with E-state index in [0.717, 1.165) is 12.8 Å². The van der Waals surface area contributed by atoms with E-state index in [9.17, 15) is 20.1 Å². The molecule has 0 aromatic carbocycles. The summed E-state index contributed by atoms with van der Waals surface area (Å²) < 4.78 is 11.2. The zero-order valence-electron chi connectivity index (χ0n) is 16.9. The van der Waals surface area contributed by atoms with Crippen LogP contribution in [0.2, 0.25) is 0 Å². The third kappa shape index (κ3) is 9.34. The summed E-state index contributed by atoms with van der Waals surface area (Å²) in [5.41, 5.74) is 0. The monoisotopic (exact) mass is 389 g/mol. The van der Waals surface area contributed by atoms with Crippen LogP contribution >= 0.6 is 0 Å². The first-order chi connectivity index (χ1) is 13.0. The quantitative estimate of drug-likeness (QED) is 0.338. The van der Waals surface area contributed by atoms with Gasteiger partial charge in [-0.3, -0.25) is 4.79 Å². The largest absolute Gasteiger partial charge is 0.394 e. The number of rotatable bonds is 14. The molecule has 0 bridgehead atoms. The van der Waals surface area contributed by atoms with Gasteiger partial charge in [-0.15, -0.1) is 0 Å². The first-order valence-electron chi connectivity index (χ1n) is 10.5. The second kappa shape index (κ2) is 14.3. The van der Waals surface area contributed by atoms with Gasteiger partial charge in [-0.2, -0.15) is 0 Å². The highest BCUT2D eigenvalue weighted by Gasteiger charge is 2.45. The van der Waals surface area contributed by atoms with E-state index in [0.29, 0.717) is 6.61 Å². The maximum Gasteiger partial charge on any atom is 0.217 e. The summed E-state index contributed by atoms with van der Waals surface area (Å²) in [7, 11) is 0. The minimum atomic E-state index is -1.27. The summed E-state index contributed by atoms with van der Waals surface area (Å²) in [5.74, 6) is -0.343. The molecule has 5 atom stereocenters. The number of nitrogens with one attached hydrogen (secondary N) is 1. The highest BCUT2D eigenvalue weighted by molar-refractivity contribution is 5.73. The molecule has 0 spiro atoms. The van der Waals surface area contributed by atoms with Crippen molar-refractivity contribution in [3.05, 3.63) is 0 Å². The first-order valence-corrected chi connectivity index (χ1v) is 10.5. The van der Waals surface area contributed by atoms with Crippen molar-refractivity contribution >= 4 is 5.91 Å². The number of carbonyl (C=O) groups is 1. The summed E-state index contributed by atoms with van der Waals surface area (Å²) in [5, 5.41) is 32.0. The van der Waals surface area contributed by atoms with E-state index in [2.05, 4.69) is 12.2 Å². The molecule has 0 radical (unpaired) electrons. The number of aliphatic hydroxyl groups is 3. The Hall–Kier alpha value is -0.730. The van der Waals surface area contributed by atoms with Crippen molar-refractivity contribution < 1.29 is 29.6 Å². The number of aliphatic hydroxyl groups excluding tert-OH is 3. The van der Waals surface area contributed by atoms with E-state index in [1.54, 1.807) is 0 Å². The van der Waals surface area contributed by atoms with Crippen LogP contribution in [-0.2, 0) is 14.3 Å². The van der Waals surface area contributed by atoms with E-state index in [4.69, 9.17) is 9.47 Å². The lowest BCUT2D eigenvalue weighted by Gasteiger charge is -2.42. The van der Waals surface area contributed by atoms with E-state index < -0.39 is 37.3 Å². The van der Waals surface area contributed by atoms with Crippen LogP contribution in [0.4, 0.5) is 0 Å². The molecule has 0 aromatic rings. The molecule has 0 unspecified atom stereocenters. The molecule has 7 nitrogen and oxygen atoms in total. The summed E-state index contributed by atoms with van der Waals surface area (Å²) in [6.07, 6.45) is 7.87. The molecular weight excluding hydrogens is 350 g/mol. The maximum absolute atomic E-state index is 11.4. The molecule has 1 aliphatic heterocycles. The van der Waals surface area contributed by atoms with Crippen LogP contribution in [-0.4, -0.2) is 65.1 Å². The molecule has 27 heavy (non-hydrogen) atoms. The Kier molecular flexibility index (Phi) is 12.9. The standard InChI is InChI=1S/C20H39NO6/c1-3-4-5-6-7-8-9-10-11-12-13-26-20-17(21-15(2)23)19(25)18(24)16(14-22)27-20/h16-20,22,24-25H,3-14H2,1-2H3,(H,21,23)/t16-,17-,18-,19-,20-/m1/s1. The highest BCUT2D eigenvalue weighted by Crippen LogP contribution is 2.22. The Morgan fingerprint density at radius 1 is 0.963 bits per heavy atom. The number of hydrogen-bond acceptors (Lipinski definition) is 6. The smallest absolute Gasteiger partial charge is 0.217 e. The minimum Gasteiger partial charge on any atom is -0.394 e. The van der Waals surface area contributed by atoms with Gasteiger partial charge in [0.2, 0.25) is 5.91 Å². The molecule has 1 aliphatic rings. The van der Waals surface area contributed by atoms with E-state index in [1.807, 2.05) is 0 Å². The Balaban J connectivity index is 2.23. The second-order valence-electron chi connectivity index (χ2n) is 7.49. The van der Waals surface area contributed by atoms with Crippen LogP contribution in [0.5, 0.6) is 0 Å². The van der Waals surface area contributed by atoms with Crippen molar-refractivity contribution in [3.8, 4) is 0 Å². The molecule has 1 rings (SSSR count). The summed E-state index contributed by atoms with van der Waals surface area (Å²) in [4.78, 5) is 11.4. The molecule has 0 aliphatic carbocycles. The summed E-state index contributed by atoms with van der Waals surface area (Å²) >= 11 is 0. The van der Waals surface area contributed by atoms with Crippen LogP contribution < -0.4 is 5.32 Å². The van der Waals surface area contributed by atoms with Crippen LogP contribution in [0.1, 0.15) is 78.1 Å². The topological polar surface area (TPSA) is 108 Å². The Morgan fingerprint density at radius 2 is 1.52 bits per heavy atom. The van der Waals surface area contributed by atoms with Gasteiger partial charge in [0.1, 0.15) is 24.4 Å². The zero-order valence-corrected chi connectivity index (χ0v) is 16.9. The average molecular weight is 390 g/mol. The van der Waals surface area contributed by atoms with Crippen LogP contribution in [0.25, 0.3) is 0 Å². The SMILES string of the molecule is CCCCCCCCCCCCO[C@@H]1O[C@H](CO)[C@@H](O)[C@H](O)[C@H]1NC(C)=O. The van der Waals surface area contributed by atoms with Gasteiger partial charge in [0.25, 0.3) is 0 Å². The van der Waals surface area contributed by atoms with Gasteiger partial charge in [0, 0.05) is 13.5 Å². The molecule has 0 saturated carbocycles. The summed E-state index contributed by atoms with van der Waals surface area (Å²) in [6, 6.07) is -0.858. The van der Waals surface area contributed by atoms with Gasteiger partial charge in [-0.25, -0.2) is 0 Å². The van der Waals surface area contributed by atoms with E-state index in [-0.39, 0.29) is 5.91 Å². The fourth-order valence-corrected chi connectivity index (χ4v) is 3.40. The molecule has 1 fully saturated rings. The lowest BCUT2D eigenvalue weighted by atomic mass is 9.97. The minimum absolute atomic E-state index is 0.343. The van der Waals surface area contributed by atoms with E-state index >= 15 is 0 Å². The van der Waals surface area contributed by atoms with Crippen molar-refractivity contribution in [1.82, 2.24) is 5.32 Å². The molecule has 1 heterocycles. The molecule has 0 aromatic heterocycles. The Morgan fingerprint density at radius 3 is 2.04 bits per heavy atom. The number of hydrogen-bond donors (Lipinski definition) is 4. The van der Waals surface area contributed by atoms with Crippen molar-refractivity contribution in [3.63, 3.8) is 0 Å². The van der Waals surface area contributed by atoms with Crippen molar-refractivity contribution in [2.45, 2.75) is 109 Å². The highest BCUT2D eigenvalue weighted by atomic mass is 16.7. The first kappa shape index (κ1) is 24.3. The normalized spacial score (nSPS) is 28.3. The zero-order chi connectivity index (χ0) is 20.1. The van der Waals surface area contributed by atoms with E-state index in [1.165, 1.54) is 58.3 Å². The van der Waals surface area contributed by atoms with Crippen molar-refractivity contribution in [2.24, 2.45) is 0 Å². The lowest BCUT2D eigenvalue weighted by molar-refractivity contribution is -0.270. The van der Waals surface area contributed by atoms with Gasteiger partial charge in [0.15, 0.2) is 6.29 Å². The predicted octanol–water partition coefficient (Wildman–Crippen LogP) is 1.87. The molecular formula is C20H39NO6. The van der Waals surface area contributed by atoms with Gasteiger partial charge in [-0.05, 0) is 6.42 Å². The summed E-state index contributed by atoms with van der Waals surface area (Å²) in [6.45, 7) is 3.57. The number of unbranched alkanes of at least 4 members (excludes halogenated alkanes) is 9.